The van der Waals surface area contributed by atoms with Crippen molar-refractivity contribution in [3.8, 4) is 0 Å². The Kier molecular flexibility index (Phi) is 4.01. The fourth-order valence-electron chi connectivity index (χ4n) is 3.13. The highest BCUT2D eigenvalue weighted by Crippen LogP contribution is 2.28. The molecule has 2 N–H and O–H groups in total. The van der Waals surface area contributed by atoms with Crippen molar-refractivity contribution >= 4 is 34.0 Å². The smallest absolute Gasteiger partial charge is 0.343 e. The van der Waals surface area contributed by atoms with E-state index in [-0.39, 0.29) is 5.56 Å². The van der Waals surface area contributed by atoms with Gasteiger partial charge in [0.15, 0.2) is 5.65 Å². The maximum absolute atomic E-state index is 12.3. The van der Waals surface area contributed by atoms with Gasteiger partial charge in [-0.2, -0.15) is 0 Å². The van der Waals surface area contributed by atoms with Crippen molar-refractivity contribution in [1.82, 2.24) is 14.5 Å². The molecule has 0 aliphatic carbocycles. The van der Waals surface area contributed by atoms with Crippen molar-refractivity contribution in [3.63, 3.8) is 0 Å². The van der Waals surface area contributed by atoms with E-state index in [4.69, 9.17) is 15.5 Å². The number of nitrogen functional groups attached to an aromatic ring is 1. The number of carbonyl (C=O) groups excluding carboxylic acids is 1. The Bertz CT molecular complexity index is 1100. The number of anilines is 1. The molecule has 0 atom stereocenters. The van der Waals surface area contributed by atoms with Crippen LogP contribution in [-0.4, -0.2) is 27.6 Å². The summed E-state index contributed by atoms with van der Waals surface area (Å²) in [4.78, 5) is 21.6. The van der Waals surface area contributed by atoms with Gasteiger partial charge in [-0.3, -0.25) is 0 Å². The quantitative estimate of drug-likeness (QED) is 0.574. The van der Waals surface area contributed by atoms with E-state index in [2.05, 4.69) is 17.1 Å². The van der Waals surface area contributed by atoms with Crippen LogP contribution in [0, 0.1) is 0 Å². The molecule has 6 nitrogen and oxygen atoms in total. The van der Waals surface area contributed by atoms with Gasteiger partial charge in [0, 0.05) is 6.54 Å². The first kappa shape index (κ1) is 16.1. The molecule has 0 saturated carbocycles. The van der Waals surface area contributed by atoms with E-state index < -0.39 is 5.97 Å². The van der Waals surface area contributed by atoms with E-state index in [0.29, 0.717) is 29.0 Å². The molecular weight excluding hydrogens is 328 g/mol. The molecule has 0 radical (unpaired) electrons. The van der Waals surface area contributed by atoms with Gasteiger partial charge in [-0.05, 0) is 24.1 Å². The SMILES string of the molecule is COC(=O)c1c(N)n(CCc2ccccc2)c2nc3ccccc3nc12. The number of rotatable bonds is 4. The Morgan fingerprint density at radius 1 is 1.04 bits per heavy atom. The molecule has 0 aliphatic heterocycles. The average molecular weight is 346 g/mol. The number of benzene rings is 2. The van der Waals surface area contributed by atoms with Gasteiger partial charge < -0.3 is 15.0 Å². The summed E-state index contributed by atoms with van der Waals surface area (Å²) in [5.74, 6) is -0.173. The number of nitrogens with two attached hydrogens (primary N) is 1. The van der Waals surface area contributed by atoms with Gasteiger partial charge in [-0.25, -0.2) is 14.8 Å². The third kappa shape index (κ3) is 2.65. The molecule has 6 heteroatoms. The number of aromatic nitrogens is 3. The zero-order valence-corrected chi connectivity index (χ0v) is 14.3. The number of carbonyl (C=O) groups is 1. The molecule has 0 saturated heterocycles. The molecule has 2 aromatic heterocycles. The van der Waals surface area contributed by atoms with Gasteiger partial charge in [0.1, 0.15) is 16.9 Å². The summed E-state index contributed by atoms with van der Waals surface area (Å²) in [7, 11) is 1.34. The molecule has 2 aromatic carbocycles. The Morgan fingerprint density at radius 3 is 2.38 bits per heavy atom. The summed E-state index contributed by atoms with van der Waals surface area (Å²) >= 11 is 0. The molecule has 130 valence electrons. The molecule has 26 heavy (non-hydrogen) atoms. The Morgan fingerprint density at radius 2 is 1.69 bits per heavy atom. The van der Waals surface area contributed by atoms with Gasteiger partial charge >= 0.3 is 5.97 Å². The zero-order valence-electron chi connectivity index (χ0n) is 14.3. The third-order valence-corrected chi connectivity index (χ3v) is 4.45. The second kappa shape index (κ2) is 6.48. The number of methoxy groups -OCH3 is 1. The normalized spacial score (nSPS) is 11.1. The van der Waals surface area contributed by atoms with Crippen LogP contribution in [0.5, 0.6) is 0 Å². The van der Waals surface area contributed by atoms with Crippen LogP contribution in [0.1, 0.15) is 15.9 Å². The molecule has 0 fully saturated rings. The lowest BCUT2D eigenvalue weighted by atomic mass is 10.1. The van der Waals surface area contributed by atoms with Crippen molar-refractivity contribution in [2.75, 3.05) is 12.8 Å². The summed E-state index contributed by atoms with van der Waals surface area (Å²) in [6, 6.07) is 17.6. The summed E-state index contributed by atoms with van der Waals surface area (Å²) in [5.41, 5.74) is 10.3. The minimum atomic E-state index is -0.504. The van der Waals surface area contributed by atoms with Crippen molar-refractivity contribution in [3.05, 3.63) is 65.7 Å². The van der Waals surface area contributed by atoms with Gasteiger partial charge in [-0.1, -0.05) is 42.5 Å². The molecule has 0 unspecified atom stereocenters. The average Bonchev–Trinajstić information content (AvgIpc) is 2.95. The highest BCUT2D eigenvalue weighted by Gasteiger charge is 2.24. The topological polar surface area (TPSA) is 83.0 Å². The van der Waals surface area contributed by atoms with Gasteiger partial charge in [0.2, 0.25) is 0 Å². The van der Waals surface area contributed by atoms with Gasteiger partial charge in [0.05, 0.1) is 18.1 Å². The summed E-state index contributed by atoms with van der Waals surface area (Å²) < 4.78 is 6.75. The molecule has 0 aliphatic rings. The molecule has 4 rings (SSSR count). The van der Waals surface area contributed by atoms with E-state index >= 15 is 0 Å². The molecule has 4 aromatic rings. The monoisotopic (exact) mass is 346 g/mol. The third-order valence-electron chi connectivity index (χ3n) is 4.45. The maximum atomic E-state index is 12.3. The van der Waals surface area contributed by atoms with Crippen molar-refractivity contribution in [2.24, 2.45) is 0 Å². The van der Waals surface area contributed by atoms with Crippen LogP contribution in [0.15, 0.2) is 54.6 Å². The number of ether oxygens (including phenoxy) is 1. The van der Waals surface area contributed by atoms with E-state index in [1.165, 1.54) is 12.7 Å². The van der Waals surface area contributed by atoms with Crippen LogP contribution in [0.25, 0.3) is 22.2 Å². The standard InChI is InChI=1S/C20H18N4O2/c1-26-20(25)16-17-19(23-15-10-6-5-9-14(15)22-17)24(18(16)21)12-11-13-7-3-2-4-8-13/h2-10H,11-12,21H2,1H3. The van der Waals surface area contributed by atoms with Crippen molar-refractivity contribution < 1.29 is 9.53 Å². The first-order chi connectivity index (χ1) is 12.7. The number of hydrogen-bond acceptors (Lipinski definition) is 5. The van der Waals surface area contributed by atoms with Crippen LogP contribution in [0.2, 0.25) is 0 Å². The van der Waals surface area contributed by atoms with Crippen molar-refractivity contribution in [2.45, 2.75) is 13.0 Å². The predicted octanol–water partition coefficient (Wildman–Crippen LogP) is 3.20. The maximum Gasteiger partial charge on any atom is 0.343 e. The second-order valence-corrected chi connectivity index (χ2v) is 6.02. The minimum Gasteiger partial charge on any atom is -0.465 e. The van der Waals surface area contributed by atoms with Crippen LogP contribution in [-0.2, 0) is 17.7 Å². The fourth-order valence-corrected chi connectivity index (χ4v) is 3.13. The zero-order chi connectivity index (χ0) is 18.1. The number of nitrogens with zero attached hydrogens (tertiary/aromatic N) is 3. The Hall–Kier alpha value is -3.41. The number of para-hydroxylation sites is 2. The van der Waals surface area contributed by atoms with E-state index in [0.717, 1.165) is 11.9 Å². The molecule has 0 amide bonds. The number of aryl methyl sites for hydroxylation is 2. The predicted molar refractivity (Wildman–Crippen MR) is 101 cm³/mol. The van der Waals surface area contributed by atoms with E-state index in [1.807, 2.05) is 47.0 Å². The fraction of sp³-hybridized carbons (Fsp3) is 0.150. The Labute approximate surface area is 150 Å². The lowest BCUT2D eigenvalue weighted by Crippen LogP contribution is -2.09. The van der Waals surface area contributed by atoms with Crippen LogP contribution >= 0.6 is 0 Å². The second-order valence-electron chi connectivity index (χ2n) is 6.02. The molecule has 0 bridgehead atoms. The molecule has 0 spiro atoms. The lowest BCUT2D eigenvalue weighted by Gasteiger charge is -2.08. The van der Waals surface area contributed by atoms with E-state index in [1.54, 1.807) is 0 Å². The highest BCUT2D eigenvalue weighted by molar-refractivity contribution is 6.08. The van der Waals surface area contributed by atoms with Crippen LogP contribution in [0.4, 0.5) is 5.82 Å². The van der Waals surface area contributed by atoms with Gasteiger partial charge in [0.25, 0.3) is 0 Å². The minimum absolute atomic E-state index is 0.272. The first-order valence-electron chi connectivity index (χ1n) is 8.35. The van der Waals surface area contributed by atoms with Crippen LogP contribution in [0.3, 0.4) is 0 Å². The summed E-state index contributed by atoms with van der Waals surface area (Å²) in [6.07, 6.45) is 0.768. The largest absolute Gasteiger partial charge is 0.465 e. The number of esters is 1. The Balaban J connectivity index is 1.88. The first-order valence-corrected chi connectivity index (χ1v) is 8.35. The highest BCUT2D eigenvalue weighted by atomic mass is 16.5. The summed E-state index contributed by atoms with van der Waals surface area (Å²) in [5, 5.41) is 0. The van der Waals surface area contributed by atoms with E-state index in [9.17, 15) is 4.79 Å². The van der Waals surface area contributed by atoms with Crippen molar-refractivity contribution in [1.29, 1.82) is 0 Å². The van der Waals surface area contributed by atoms with Gasteiger partial charge in [-0.15, -0.1) is 0 Å². The van der Waals surface area contributed by atoms with Crippen LogP contribution < -0.4 is 5.73 Å². The number of hydrogen-bond donors (Lipinski definition) is 1. The lowest BCUT2D eigenvalue weighted by molar-refractivity contribution is 0.0604. The molecule has 2 heterocycles. The number of fused-ring (bicyclic) bond motifs is 2. The summed E-state index contributed by atoms with van der Waals surface area (Å²) in [6.45, 7) is 0.594. The molecular formula is C20H18N4O2.